The SMILES string of the molecule is Cc1nc(-c2cccs2)sc1C(=O)OCC(=O)Nc1ccc(C#N)c(Cl)c1. The van der Waals surface area contributed by atoms with Crippen LogP contribution in [0.15, 0.2) is 35.7 Å². The van der Waals surface area contributed by atoms with Crippen molar-refractivity contribution < 1.29 is 14.3 Å². The van der Waals surface area contributed by atoms with Gasteiger partial charge < -0.3 is 10.1 Å². The Morgan fingerprint density at radius 2 is 2.19 bits per heavy atom. The molecule has 0 saturated heterocycles. The van der Waals surface area contributed by atoms with Crippen LogP contribution < -0.4 is 5.32 Å². The van der Waals surface area contributed by atoms with Crippen LogP contribution in [0.3, 0.4) is 0 Å². The Morgan fingerprint density at radius 1 is 1.37 bits per heavy atom. The Hall–Kier alpha value is -2.73. The molecule has 0 spiro atoms. The number of nitrogens with one attached hydrogen (secondary N) is 1. The van der Waals surface area contributed by atoms with Crippen molar-refractivity contribution in [2.75, 3.05) is 11.9 Å². The number of nitriles is 1. The first kappa shape index (κ1) is 19.0. The number of carbonyl (C=O) groups is 2. The topological polar surface area (TPSA) is 92.1 Å². The summed E-state index contributed by atoms with van der Waals surface area (Å²) in [5.41, 5.74) is 1.28. The number of thiophene rings is 1. The third kappa shape index (κ3) is 4.52. The van der Waals surface area contributed by atoms with Crippen molar-refractivity contribution in [3.8, 4) is 16.0 Å². The summed E-state index contributed by atoms with van der Waals surface area (Å²) >= 11 is 8.68. The van der Waals surface area contributed by atoms with Crippen molar-refractivity contribution in [3.05, 3.63) is 56.9 Å². The van der Waals surface area contributed by atoms with Gasteiger partial charge in [0.15, 0.2) is 6.61 Å². The first-order valence-corrected chi connectivity index (χ1v) is 9.73. The predicted molar refractivity (Wildman–Crippen MR) is 105 cm³/mol. The van der Waals surface area contributed by atoms with Crippen molar-refractivity contribution in [2.24, 2.45) is 0 Å². The molecule has 27 heavy (non-hydrogen) atoms. The van der Waals surface area contributed by atoms with Gasteiger partial charge in [0.1, 0.15) is 16.0 Å². The lowest BCUT2D eigenvalue weighted by Crippen LogP contribution is -2.20. The molecule has 2 aromatic heterocycles. The molecule has 136 valence electrons. The van der Waals surface area contributed by atoms with Crippen molar-refractivity contribution >= 4 is 51.8 Å². The van der Waals surface area contributed by atoms with Crippen LogP contribution in [0.4, 0.5) is 5.69 Å². The standard InChI is InChI=1S/C18H12ClN3O3S2/c1-10-16(27-17(21-10)14-3-2-6-26-14)18(24)25-9-15(23)22-12-5-4-11(8-20)13(19)7-12/h2-7H,9H2,1H3,(H,22,23). The van der Waals surface area contributed by atoms with Gasteiger partial charge in [0.2, 0.25) is 0 Å². The molecule has 0 radical (unpaired) electrons. The van der Waals surface area contributed by atoms with Crippen LogP contribution in [0, 0.1) is 18.3 Å². The van der Waals surface area contributed by atoms with Crippen LogP contribution in [0.1, 0.15) is 20.9 Å². The zero-order valence-electron chi connectivity index (χ0n) is 14.0. The molecule has 0 bridgehead atoms. The van der Waals surface area contributed by atoms with Crippen LogP contribution in [-0.4, -0.2) is 23.5 Å². The summed E-state index contributed by atoms with van der Waals surface area (Å²) in [7, 11) is 0. The maximum atomic E-state index is 12.3. The second-order valence-corrected chi connectivity index (χ2v) is 7.70. The Kier molecular flexibility index (Phi) is 5.86. The first-order valence-electron chi connectivity index (χ1n) is 7.66. The number of benzene rings is 1. The molecular formula is C18H12ClN3O3S2. The van der Waals surface area contributed by atoms with Gasteiger partial charge in [0.25, 0.3) is 5.91 Å². The monoisotopic (exact) mass is 417 g/mol. The van der Waals surface area contributed by atoms with Gasteiger partial charge in [-0.15, -0.1) is 22.7 Å². The van der Waals surface area contributed by atoms with Gasteiger partial charge in [-0.1, -0.05) is 17.7 Å². The van der Waals surface area contributed by atoms with E-state index in [1.165, 1.54) is 34.8 Å². The largest absolute Gasteiger partial charge is 0.451 e. The smallest absolute Gasteiger partial charge is 0.350 e. The number of halogens is 1. The normalized spacial score (nSPS) is 10.3. The van der Waals surface area contributed by atoms with Crippen LogP contribution in [0.25, 0.3) is 9.88 Å². The van der Waals surface area contributed by atoms with E-state index in [0.717, 1.165) is 9.88 Å². The molecule has 0 unspecified atom stereocenters. The number of rotatable bonds is 5. The first-order chi connectivity index (χ1) is 13.0. The zero-order valence-corrected chi connectivity index (χ0v) is 16.4. The molecule has 0 saturated carbocycles. The Morgan fingerprint density at radius 3 is 2.85 bits per heavy atom. The van der Waals surface area contributed by atoms with E-state index < -0.39 is 18.5 Å². The highest BCUT2D eigenvalue weighted by Gasteiger charge is 2.19. The number of ether oxygens (including phenoxy) is 1. The third-order valence-corrected chi connectivity index (χ3v) is 5.91. The van der Waals surface area contributed by atoms with E-state index in [9.17, 15) is 9.59 Å². The number of nitrogens with zero attached hydrogens (tertiary/aromatic N) is 2. The van der Waals surface area contributed by atoms with Gasteiger partial charge in [-0.05, 0) is 36.6 Å². The number of amides is 1. The minimum absolute atomic E-state index is 0.230. The van der Waals surface area contributed by atoms with Gasteiger partial charge >= 0.3 is 5.97 Å². The lowest BCUT2D eigenvalue weighted by atomic mass is 10.2. The number of aryl methyl sites for hydroxylation is 1. The summed E-state index contributed by atoms with van der Waals surface area (Å²) < 4.78 is 5.09. The molecule has 1 N–H and O–H groups in total. The van der Waals surface area contributed by atoms with Gasteiger partial charge in [-0.3, -0.25) is 4.79 Å². The van der Waals surface area contributed by atoms with Crippen LogP contribution >= 0.6 is 34.3 Å². The van der Waals surface area contributed by atoms with E-state index in [-0.39, 0.29) is 5.02 Å². The maximum absolute atomic E-state index is 12.3. The van der Waals surface area contributed by atoms with Gasteiger partial charge in [0.05, 0.1) is 21.2 Å². The third-order valence-electron chi connectivity index (χ3n) is 3.42. The summed E-state index contributed by atoms with van der Waals surface area (Å²) in [5, 5.41) is 14.3. The fourth-order valence-corrected chi connectivity index (χ4v) is 4.15. The van der Waals surface area contributed by atoms with Gasteiger partial charge in [0, 0.05) is 5.69 Å². The van der Waals surface area contributed by atoms with E-state index in [4.69, 9.17) is 21.6 Å². The molecule has 0 aliphatic rings. The van der Waals surface area contributed by atoms with Gasteiger partial charge in [-0.25, -0.2) is 9.78 Å². The fourth-order valence-electron chi connectivity index (χ4n) is 2.17. The second-order valence-electron chi connectivity index (χ2n) is 5.34. The second kappa shape index (κ2) is 8.31. The molecule has 3 rings (SSSR count). The Labute approximate surface area is 168 Å². The Bertz CT molecular complexity index is 1040. The Balaban J connectivity index is 1.60. The lowest BCUT2D eigenvalue weighted by molar-refractivity contribution is -0.119. The summed E-state index contributed by atoms with van der Waals surface area (Å²) in [6.45, 7) is 1.28. The molecule has 0 fully saturated rings. The fraction of sp³-hybridized carbons (Fsp3) is 0.111. The summed E-state index contributed by atoms with van der Waals surface area (Å²) in [5.74, 6) is -1.11. The van der Waals surface area contributed by atoms with E-state index in [1.54, 1.807) is 13.0 Å². The number of thiazole rings is 1. The lowest BCUT2D eigenvalue weighted by Gasteiger charge is -2.07. The highest BCUT2D eigenvalue weighted by atomic mass is 35.5. The molecule has 0 atom stereocenters. The molecule has 2 heterocycles. The highest BCUT2D eigenvalue weighted by molar-refractivity contribution is 7.22. The van der Waals surface area contributed by atoms with E-state index >= 15 is 0 Å². The number of hydrogen-bond acceptors (Lipinski definition) is 7. The summed E-state index contributed by atoms with van der Waals surface area (Å²) in [6, 6.07) is 10.3. The minimum Gasteiger partial charge on any atom is -0.451 e. The number of anilines is 1. The van der Waals surface area contributed by atoms with E-state index in [1.807, 2.05) is 23.6 Å². The van der Waals surface area contributed by atoms with Crippen LogP contribution in [-0.2, 0) is 9.53 Å². The van der Waals surface area contributed by atoms with Crippen LogP contribution in [0.2, 0.25) is 5.02 Å². The number of carbonyl (C=O) groups excluding carboxylic acids is 2. The van der Waals surface area contributed by atoms with Gasteiger partial charge in [-0.2, -0.15) is 5.26 Å². The average molecular weight is 418 g/mol. The summed E-state index contributed by atoms with van der Waals surface area (Å²) in [6.07, 6.45) is 0. The summed E-state index contributed by atoms with van der Waals surface area (Å²) in [4.78, 5) is 30.0. The van der Waals surface area contributed by atoms with E-state index in [0.29, 0.717) is 21.8 Å². The highest BCUT2D eigenvalue weighted by Crippen LogP contribution is 2.31. The molecule has 0 aliphatic heterocycles. The zero-order chi connectivity index (χ0) is 19.4. The molecular weight excluding hydrogens is 406 g/mol. The van der Waals surface area contributed by atoms with Crippen LogP contribution in [0.5, 0.6) is 0 Å². The molecule has 1 aromatic carbocycles. The number of hydrogen-bond donors (Lipinski definition) is 1. The quantitative estimate of drug-likeness (QED) is 0.617. The van der Waals surface area contributed by atoms with Crippen molar-refractivity contribution in [1.82, 2.24) is 4.98 Å². The number of aromatic nitrogens is 1. The predicted octanol–water partition coefficient (Wildman–Crippen LogP) is 4.50. The molecule has 9 heteroatoms. The van der Waals surface area contributed by atoms with E-state index in [2.05, 4.69) is 10.3 Å². The van der Waals surface area contributed by atoms with Crippen molar-refractivity contribution in [3.63, 3.8) is 0 Å². The molecule has 0 aliphatic carbocycles. The minimum atomic E-state index is -0.596. The van der Waals surface area contributed by atoms with Crippen molar-refractivity contribution in [1.29, 1.82) is 5.26 Å². The molecule has 6 nitrogen and oxygen atoms in total. The maximum Gasteiger partial charge on any atom is 0.350 e. The average Bonchev–Trinajstić information content (AvgIpc) is 3.29. The molecule has 3 aromatic rings. The number of esters is 1. The molecule has 1 amide bonds. The van der Waals surface area contributed by atoms with Crippen molar-refractivity contribution in [2.45, 2.75) is 6.92 Å².